The molecule has 5 nitrogen and oxygen atoms in total. The van der Waals surface area contributed by atoms with Crippen LogP contribution in [0.3, 0.4) is 0 Å². The Morgan fingerprint density at radius 1 is 1.35 bits per heavy atom. The van der Waals surface area contributed by atoms with Crippen LogP contribution in [-0.2, 0) is 23.2 Å². The quantitative estimate of drug-likeness (QED) is 0.799. The number of hydrogen-bond donors (Lipinski definition) is 1. The van der Waals surface area contributed by atoms with E-state index in [1.165, 1.54) is 4.31 Å². The van der Waals surface area contributed by atoms with Gasteiger partial charge >= 0.3 is 0 Å². The van der Waals surface area contributed by atoms with Crippen molar-refractivity contribution < 1.29 is 13.5 Å². The SMILES string of the molecule is CCC(C)CN(CC)S(=O)(=O)c1cc(CO)n(CC)c1. The lowest BCUT2D eigenvalue weighted by atomic mass is 10.1. The summed E-state index contributed by atoms with van der Waals surface area (Å²) in [6.07, 6.45) is 2.56. The Hall–Kier alpha value is -0.850. The summed E-state index contributed by atoms with van der Waals surface area (Å²) in [4.78, 5) is 0.272. The standard InChI is InChI=1S/C14H26N2O3S/c1-5-12(4)9-16(7-3)20(18,19)14-8-13(11-17)15(6-2)10-14/h8,10,12,17H,5-7,9,11H2,1-4H3. The van der Waals surface area contributed by atoms with Gasteiger partial charge in [-0.1, -0.05) is 27.2 Å². The van der Waals surface area contributed by atoms with Gasteiger partial charge in [0.2, 0.25) is 10.0 Å². The van der Waals surface area contributed by atoms with E-state index < -0.39 is 10.0 Å². The molecule has 1 aromatic heterocycles. The van der Waals surface area contributed by atoms with Crippen molar-refractivity contribution in [2.24, 2.45) is 5.92 Å². The third-order valence-corrected chi connectivity index (χ3v) is 5.57. The zero-order valence-corrected chi connectivity index (χ0v) is 13.7. The van der Waals surface area contributed by atoms with Gasteiger partial charge in [-0.05, 0) is 18.9 Å². The smallest absolute Gasteiger partial charge is 0.244 e. The fourth-order valence-corrected chi connectivity index (χ4v) is 3.75. The molecule has 0 aliphatic heterocycles. The molecule has 0 aliphatic carbocycles. The van der Waals surface area contributed by atoms with E-state index in [-0.39, 0.29) is 11.5 Å². The average Bonchev–Trinajstić information content (AvgIpc) is 2.87. The minimum Gasteiger partial charge on any atom is -0.390 e. The van der Waals surface area contributed by atoms with E-state index in [9.17, 15) is 13.5 Å². The zero-order chi connectivity index (χ0) is 15.3. The lowest BCUT2D eigenvalue weighted by Gasteiger charge is -2.22. The third kappa shape index (κ3) is 3.62. The normalized spacial score (nSPS) is 13.9. The number of rotatable bonds is 8. The van der Waals surface area contributed by atoms with Gasteiger partial charge in [0.1, 0.15) is 4.90 Å². The van der Waals surface area contributed by atoms with Crippen molar-refractivity contribution in [3.05, 3.63) is 18.0 Å². The summed E-state index contributed by atoms with van der Waals surface area (Å²) in [6.45, 7) is 9.36. The number of aromatic nitrogens is 1. The van der Waals surface area contributed by atoms with Gasteiger partial charge in [-0.3, -0.25) is 0 Å². The predicted octanol–water partition coefficient (Wildman–Crippen LogP) is 2.06. The second-order valence-electron chi connectivity index (χ2n) is 5.08. The molecule has 0 aromatic carbocycles. The number of aryl methyl sites for hydroxylation is 1. The average molecular weight is 302 g/mol. The highest BCUT2D eigenvalue weighted by atomic mass is 32.2. The van der Waals surface area contributed by atoms with Gasteiger partial charge in [-0.15, -0.1) is 0 Å². The second-order valence-corrected chi connectivity index (χ2v) is 7.02. The highest BCUT2D eigenvalue weighted by Gasteiger charge is 2.26. The zero-order valence-electron chi connectivity index (χ0n) is 12.8. The maximum Gasteiger partial charge on any atom is 0.244 e. The first-order chi connectivity index (χ1) is 9.40. The lowest BCUT2D eigenvalue weighted by molar-refractivity contribution is 0.271. The summed E-state index contributed by atoms with van der Waals surface area (Å²) >= 11 is 0. The molecule has 1 unspecified atom stereocenters. The summed E-state index contributed by atoms with van der Waals surface area (Å²) in [7, 11) is -3.48. The molecule has 20 heavy (non-hydrogen) atoms. The van der Waals surface area contributed by atoms with Gasteiger partial charge in [0, 0.05) is 31.5 Å². The van der Waals surface area contributed by atoms with E-state index in [2.05, 4.69) is 13.8 Å². The van der Waals surface area contributed by atoms with Crippen molar-refractivity contribution in [2.75, 3.05) is 13.1 Å². The van der Waals surface area contributed by atoms with Crippen molar-refractivity contribution in [3.63, 3.8) is 0 Å². The molecule has 1 rings (SSSR count). The third-order valence-electron chi connectivity index (χ3n) is 3.67. The molecule has 116 valence electrons. The Morgan fingerprint density at radius 2 is 2.00 bits per heavy atom. The molecule has 0 saturated heterocycles. The fraction of sp³-hybridized carbons (Fsp3) is 0.714. The van der Waals surface area contributed by atoms with Crippen molar-refractivity contribution in [1.82, 2.24) is 8.87 Å². The summed E-state index contributed by atoms with van der Waals surface area (Å²) in [6, 6.07) is 1.57. The molecule has 0 saturated carbocycles. The van der Waals surface area contributed by atoms with Crippen LogP contribution in [0.4, 0.5) is 0 Å². The summed E-state index contributed by atoms with van der Waals surface area (Å²) in [5.41, 5.74) is 0.630. The molecule has 1 aromatic rings. The Labute approximate surface area is 122 Å². The predicted molar refractivity (Wildman–Crippen MR) is 79.9 cm³/mol. The lowest BCUT2D eigenvalue weighted by Crippen LogP contribution is -2.34. The van der Waals surface area contributed by atoms with E-state index in [1.807, 2.05) is 13.8 Å². The van der Waals surface area contributed by atoms with E-state index in [1.54, 1.807) is 16.8 Å². The highest BCUT2D eigenvalue weighted by Crippen LogP contribution is 2.20. The maximum atomic E-state index is 12.6. The first-order valence-corrected chi connectivity index (χ1v) is 8.64. The summed E-state index contributed by atoms with van der Waals surface area (Å²) < 4.78 is 28.6. The van der Waals surface area contributed by atoms with Crippen LogP contribution in [0.15, 0.2) is 17.2 Å². The molecule has 1 atom stereocenters. The van der Waals surface area contributed by atoms with E-state index in [4.69, 9.17) is 0 Å². The van der Waals surface area contributed by atoms with Crippen molar-refractivity contribution >= 4 is 10.0 Å². The van der Waals surface area contributed by atoms with Gasteiger partial charge in [-0.2, -0.15) is 4.31 Å². The molecule has 0 fully saturated rings. The number of nitrogens with zero attached hydrogens (tertiary/aromatic N) is 2. The minimum atomic E-state index is -3.48. The van der Waals surface area contributed by atoms with Crippen molar-refractivity contribution in [3.8, 4) is 0 Å². The Morgan fingerprint density at radius 3 is 2.40 bits per heavy atom. The van der Waals surface area contributed by atoms with Crippen LogP contribution >= 0.6 is 0 Å². The van der Waals surface area contributed by atoms with Gasteiger partial charge in [-0.25, -0.2) is 8.42 Å². The van der Waals surface area contributed by atoms with Gasteiger partial charge in [0.15, 0.2) is 0 Å². The van der Waals surface area contributed by atoms with Gasteiger partial charge in [0.25, 0.3) is 0 Å². The first kappa shape index (κ1) is 17.2. The molecule has 1 heterocycles. The van der Waals surface area contributed by atoms with Crippen molar-refractivity contribution in [1.29, 1.82) is 0 Å². The minimum absolute atomic E-state index is 0.152. The number of sulfonamides is 1. The molecule has 1 N–H and O–H groups in total. The molecular formula is C14H26N2O3S. The Kier molecular flexibility index (Phi) is 6.23. The largest absolute Gasteiger partial charge is 0.390 e. The Bertz CT molecular complexity index is 501. The van der Waals surface area contributed by atoms with Gasteiger partial charge in [0.05, 0.1) is 6.61 Å². The summed E-state index contributed by atoms with van der Waals surface area (Å²) in [5, 5.41) is 9.28. The molecule has 0 radical (unpaired) electrons. The fourth-order valence-electron chi connectivity index (χ4n) is 2.12. The van der Waals surface area contributed by atoms with E-state index in [0.29, 0.717) is 31.2 Å². The number of aliphatic hydroxyl groups excluding tert-OH is 1. The van der Waals surface area contributed by atoms with Crippen LogP contribution in [-0.4, -0.2) is 35.5 Å². The molecule has 0 spiro atoms. The van der Waals surface area contributed by atoms with Crippen molar-refractivity contribution in [2.45, 2.75) is 52.2 Å². The first-order valence-electron chi connectivity index (χ1n) is 7.20. The van der Waals surface area contributed by atoms with Crippen LogP contribution in [0, 0.1) is 5.92 Å². The Balaban J connectivity index is 3.10. The number of hydrogen-bond acceptors (Lipinski definition) is 3. The molecule has 6 heteroatoms. The van der Waals surface area contributed by atoms with E-state index >= 15 is 0 Å². The van der Waals surface area contributed by atoms with Gasteiger partial charge < -0.3 is 9.67 Å². The topological polar surface area (TPSA) is 62.5 Å². The van der Waals surface area contributed by atoms with E-state index in [0.717, 1.165) is 6.42 Å². The molecule has 0 amide bonds. The van der Waals surface area contributed by atoms with Crippen LogP contribution in [0.5, 0.6) is 0 Å². The maximum absolute atomic E-state index is 12.6. The van der Waals surface area contributed by atoms with Crippen LogP contribution in [0.1, 0.15) is 39.8 Å². The van der Waals surface area contributed by atoms with Crippen LogP contribution in [0.25, 0.3) is 0 Å². The van der Waals surface area contributed by atoms with Crippen LogP contribution < -0.4 is 0 Å². The van der Waals surface area contributed by atoms with Crippen LogP contribution in [0.2, 0.25) is 0 Å². The molecular weight excluding hydrogens is 276 g/mol. The summed E-state index contributed by atoms with van der Waals surface area (Å²) in [5.74, 6) is 0.329. The second kappa shape index (κ2) is 7.24. The highest BCUT2D eigenvalue weighted by molar-refractivity contribution is 7.89. The monoisotopic (exact) mass is 302 g/mol. The molecule has 0 bridgehead atoms. The molecule has 0 aliphatic rings. The number of aliphatic hydroxyl groups is 1.